The van der Waals surface area contributed by atoms with Crippen LogP contribution in [0.1, 0.15) is 49.9 Å². The van der Waals surface area contributed by atoms with E-state index in [0.717, 1.165) is 33.6 Å². The SMILES string of the molecule is CC1(C)c2cc3ccccc3cc2-c2c(-c3cccc(-c4cc(-c5ccccc5-c5cccc6c5-c5cc7ccccc7cc5C6(C)C)nc(-c5ccccc5)n4)c3)cccc21. The van der Waals surface area contributed by atoms with Gasteiger partial charge in [0.1, 0.15) is 0 Å². The van der Waals surface area contributed by atoms with Gasteiger partial charge in [-0.25, -0.2) is 9.97 Å². The number of rotatable bonds is 5. The summed E-state index contributed by atoms with van der Waals surface area (Å²) in [5, 5.41) is 5.08. The molecular formula is C60H44N2. The first-order chi connectivity index (χ1) is 30.2. The van der Waals surface area contributed by atoms with Gasteiger partial charge in [0, 0.05) is 27.5 Å². The first-order valence-corrected chi connectivity index (χ1v) is 21.7. The molecule has 0 saturated carbocycles. The number of nitrogens with zero attached hydrogens (tertiary/aromatic N) is 2. The molecule has 0 radical (unpaired) electrons. The van der Waals surface area contributed by atoms with E-state index in [1.165, 1.54) is 82.7 Å². The van der Waals surface area contributed by atoms with Crippen LogP contribution in [0.25, 0.3) is 100.0 Å². The molecule has 2 aliphatic rings. The highest BCUT2D eigenvalue weighted by atomic mass is 14.9. The van der Waals surface area contributed by atoms with Crippen molar-refractivity contribution in [1.82, 2.24) is 9.97 Å². The molecule has 0 spiro atoms. The third-order valence-corrected chi connectivity index (χ3v) is 13.9. The molecule has 0 N–H and O–H groups in total. The maximum absolute atomic E-state index is 5.38. The molecule has 9 aromatic carbocycles. The van der Waals surface area contributed by atoms with E-state index in [9.17, 15) is 0 Å². The van der Waals surface area contributed by atoms with Gasteiger partial charge in [-0.05, 0) is 125 Å². The molecular weight excluding hydrogens is 749 g/mol. The molecule has 1 heterocycles. The molecule has 0 bridgehead atoms. The monoisotopic (exact) mass is 792 g/mol. The van der Waals surface area contributed by atoms with Crippen LogP contribution in [0.2, 0.25) is 0 Å². The maximum atomic E-state index is 5.38. The molecule has 0 unspecified atom stereocenters. The Labute approximate surface area is 363 Å². The molecule has 0 saturated heterocycles. The van der Waals surface area contributed by atoms with Crippen molar-refractivity contribution in [1.29, 1.82) is 0 Å². The average molecular weight is 793 g/mol. The summed E-state index contributed by atoms with van der Waals surface area (Å²) in [6, 6.07) is 71.0. The zero-order valence-electron chi connectivity index (χ0n) is 35.4. The van der Waals surface area contributed by atoms with Crippen LogP contribution in [-0.2, 0) is 10.8 Å². The zero-order chi connectivity index (χ0) is 41.7. The maximum Gasteiger partial charge on any atom is 0.160 e. The molecule has 0 fully saturated rings. The van der Waals surface area contributed by atoms with Crippen LogP contribution < -0.4 is 0 Å². The summed E-state index contributed by atoms with van der Waals surface area (Å²) in [7, 11) is 0. The van der Waals surface area contributed by atoms with Gasteiger partial charge in [-0.2, -0.15) is 0 Å². The normalized spacial score (nSPS) is 14.1. The summed E-state index contributed by atoms with van der Waals surface area (Å²) in [4.78, 5) is 10.7. The molecule has 0 aliphatic heterocycles. The minimum atomic E-state index is -0.141. The molecule has 12 rings (SSSR count). The van der Waals surface area contributed by atoms with Gasteiger partial charge in [0.2, 0.25) is 0 Å². The largest absolute Gasteiger partial charge is 0.228 e. The van der Waals surface area contributed by atoms with Crippen LogP contribution >= 0.6 is 0 Å². The topological polar surface area (TPSA) is 25.8 Å². The quantitative estimate of drug-likeness (QED) is 0.173. The predicted molar refractivity (Wildman–Crippen MR) is 259 cm³/mol. The molecule has 10 aromatic rings. The van der Waals surface area contributed by atoms with Crippen molar-refractivity contribution in [2.24, 2.45) is 0 Å². The molecule has 0 amide bonds. The lowest BCUT2D eigenvalue weighted by Gasteiger charge is -2.22. The predicted octanol–water partition coefficient (Wildman–Crippen LogP) is 15.7. The summed E-state index contributed by atoms with van der Waals surface area (Å²) in [5.74, 6) is 0.706. The van der Waals surface area contributed by atoms with E-state index in [-0.39, 0.29) is 10.8 Å². The van der Waals surface area contributed by atoms with E-state index in [2.05, 4.69) is 216 Å². The van der Waals surface area contributed by atoms with Crippen LogP contribution in [0.3, 0.4) is 0 Å². The molecule has 0 atom stereocenters. The molecule has 2 aliphatic carbocycles. The van der Waals surface area contributed by atoms with Crippen LogP contribution in [0.4, 0.5) is 0 Å². The second-order valence-corrected chi connectivity index (χ2v) is 18.2. The van der Waals surface area contributed by atoms with Gasteiger partial charge in [-0.3, -0.25) is 0 Å². The van der Waals surface area contributed by atoms with E-state index in [1.54, 1.807) is 0 Å². The summed E-state index contributed by atoms with van der Waals surface area (Å²) < 4.78 is 0. The van der Waals surface area contributed by atoms with Gasteiger partial charge in [0.15, 0.2) is 5.82 Å². The molecule has 62 heavy (non-hydrogen) atoms. The van der Waals surface area contributed by atoms with Crippen molar-refractivity contribution in [3.8, 4) is 78.4 Å². The van der Waals surface area contributed by atoms with E-state index < -0.39 is 0 Å². The van der Waals surface area contributed by atoms with Crippen LogP contribution in [0, 0.1) is 0 Å². The Kier molecular flexibility index (Phi) is 7.96. The van der Waals surface area contributed by atoms with Gasteiger partial charge in [0.05, 0.1) is 11.4 Å². The number of hydrogen-bond acceptors (Lipinski definition) is 2. The van der Waals surface area contributed by atoms with Crippen LogP contribution in [0.15, 0.2) is 194 Å². The highest BCUT2D eigenvalue weighted by molar-refractivity contribution is 6.02. The molecule has 1 aromatic heterocycles. The number of fused-ring (bicyclic) bond motifs is 8. The third-order valence-electron chi connectivity index (χ3n) is 13.9. The fourth-order valence-electron chi connectivity index (χ4n) is 10.6. The van der Waals surface area contributed by atoms with Crippen LogP contribution in [0.5, 0.6) is 0 Å². The summed E-state index contributed by atoms with van der Waals surface area (Å²) in [6.07, 6.45) is 0. The number of benzene rings is 9. The van der Waals surface area contributed by atoms with E-state index >= 15 is 0 Å². The Bertz CT molecular complexity index is 3460. The van der Waals surface area contributed by atoms with E-state index in [1.807, 2.05) is 6.07 Å². The Morgan fingerprint density at radius 1 is 0.290 bits per heavy atom. The lowest BCUT2D eigenvalue weighted by atomic mass is 9.81. The van der Waals surface area contributed by atoms with Gasteiger partial charge in [-0.1, -0.05) is 185 Å². The fraction of sp³-hybridized carbons (Fsp3) is 0.100. The molecule has 294 valence electrons. The van der Waals surface area contributed by atoms with Gasteiger partial charge in [0.25, 0.3) is 0 Å². The van der Waals surface area contributed by atoms with Crippen molar-refractivity contribution in [2.45, 2.75) is 38.5 Å². The number of aromatic nitrogens is 2. The molecule has 2 heteroatoms. The van der Waals surface area contributed by atoms with Crippen molar-refractivity contribution in [2.75, 3.05) is 0 Å². The summed E-state index contributed by atoms with van der Waals surface area (Å²) in [5.41, 5.74) is 20.2. The zero-order valence-corrected chi connectivity index (χ0v) is 35.4. The lowest BCUT2D eigenvalue weighted by Crippen LogP contribution is -2.14. The molecule has 2 nitrogen and oxygen atoms in total. The first kappa shape index (κ1) is 36.4. The first-order valence-electron chi connectivity index (χ1n) is 21.7. The third kappa shape index (κ3) is 5.49. The van der Waals surface area contributed by atoms with E-state index in [4.69, 9.17) is 9.97 Å². The van der Waals surface area contributed by atoms with Crippen LogP contribution in [-0.4, -0.2) is 9.97 Å². The lowest BCUT2D eigenvalue weighted by molar-refractivity contribution is 0.661. The Hall–Kier alpha value is -7.42. The van der Waals surface area contributed by atoms with Crippen molar-refractivity contribution in [3.05, 3.63) is 216 Å². The van der Waals surface area contributed by atoms with Crippen molar-refractivity contribution in [3.63, 3.8) is 0 Å². The minimum Gasteiger partial charge on any atom is -0.228 e. The van der Waals surface area contributed by atoms with Crippen molar-refractivity contribution < 1.29 is 0 Å². The second kappa shape index (κ2) is 13.5. The summed E-state index contributed by atoms with van der Waals surface area (Å²) in [6.45, 7) is 9.46. The van der Waals surface area contributed by atoms with Gasteiger partial charge in [-0.15, -0.1) is 0 Å². The standard InChI is InChI=1S/C60H44N2/c1-59(2)50-29-15-27-44(56(50)48-32-38-19-8-10-21-40(38)34-52(48)59)42-23-14-24-43(31-42)54-36-55(62-58(61-54)37-17-6-5-7-18-37)46-26-13-12-25-45(46)47-28-16-30-51-57(47)49-33-39-20-9-11-22-41(39)35-53(49)60(51,3)4/h5-36H,1-4H3. The minimum absolute atomic E-state index is 0.119. The highest BCUT2D eigenvalue weighted by Gasteiger charge is 2.39. The van der Waals surface area contributed by atoms with Gasteiger partial charge < -0.3 is 0 Å². The van der Waals surface area contributed by atoms with E-state index in [0.29, 0.717) is 5.82 Å². The smallest absolute Gasteiger partial charge is 0.160 e. The fourth-order valence-corrected chi connectivity index (χ4v) is 10.6. The summed E-state index contributed by atoms with van der Waals surface area (Å²) >= 11 is 0. The Balaban J connectivity index is 1.03. The average Bonchev–Trinajstić information content (AvgIpc) is 3.68. The Morgan fingerprint density at radius 3 is 1.37 bits per heavy atom. The van der Waals surface area contributed by atoms with Crippen molar-refractivity contribution >= 4 is 21.5 Å². The second-order valence-electron chi connectivity index (χ2n) is 18.2. The highest BCUT2D eigenvalue weighted by Crippen LogP contribution is 2.55. The Morgan fingerprint density at radius 2 is 0.742 bits per heavy atom. The number of hydrogen-bond donors (Lipinski definition) is 0. The van der Waals surface area contributed by atoms with Gasteiger partial charge >= 0.3 is 0 Å².